The van der Waals surface area contributed by atoms with Crippen LogP contribution in [0, 0.1) is 13.8 Å². The summed E-state index contributed by atoms with van der Waals surface area (Å²) in [7, 11) is 1.63. The maximum atomic E-state index is 13.0. The SMILES string of the molecule is COc1ccc(CNc2cc(Cn3c(Oc4cc(C)cc(C)c4)c(C(C)C)c(=O)[nH]c3=O)cc(Cl)n2)cc1. The molecule has 0 aliphatic carbocycles. The molecule has 2 aromatic carbocycles. The lowest BCUT2D eigenvalue weighted by Gasteiger charge is -2.19. The Morgan fingerprint density at radius 3 is 2.29 bits per heavy atom. The molecule has 9 heteroatoms. The van der Waals surface area contributed by atoms with Crippen LogP contribution in [0.5, 0.6) is 17.4 Å². The first-order valence-electron chi connectivity index (χ1n) is 12.3. The molecule has 198 valence electrons. The van der Waals surface area contributed by atoms with E-state index in [1.165, 1.54) is 4.57 Å². The molecule has 4 rings (SSSR count). The monoisotopic (exact) mass is 534 g/mol. The number of nitrogens with zero attached hydrogens (tertiary/aromatic N) is 2. The molecule has 0 unspecified atom stereocenters. The van der Waals surface area contributed by atoms with E-state index in [0.717, 1.165) is 28.0 Å². The molecule has 0 saturated carbocycles. The molecule has 4 aromatic rings. The van der Waals surface area contributed by atoms with Gasteiger partial charge in [-0.1, -0.05) is 43.6 Å². The third kappa shape index (κ3) is 6.44. The number of aromatic nitrogens is 3. The van der Waals surface area contributed by atoms with E-state index in [9.17, 15) is 9.59 Å². The standard InChI is InChI=1S/C29H31ClN4O4/c1-17(2)26-27(35)33-29(36)34(28(26)38-23-11-18(3)10-19(4)12-23)16-21-13-24(30)32-25(14-21)31-15-20-6-8-22(37-5)9-7-20/h6-14,17H,15-16H2,1-5H3,(H,31,32)(H,33,35,36). The topological polar surface area (TPSA) is 98.2 Å². The van der Waals surface area contributed by atoms with Crippen LogP contribution in [0.3, 0.4) is 0 Å². The molecule has 0 aliphatic rings. The van der Waals surface area contributed by atoms with Gasteiger partial charge in [0, 0.05) is 6.54 Å². The Morgan fingerprint density at radius 2 is 1.66 bits per heavy atom. The maximum Gasteiger partial charge on any atom is 0.331 e. The Labute approximate surface area is 226 Å². The van der Waals surface area contributed by atoms with Gasteiger partial charge in [0.15, 0.2) is 0 Å². The average molecular weight is 535 g/mol. The lowest BCUT2D eigenvalue weighted by molar-refractivity contribution is 0.410. The van der Waals surface area contributed by atoms with Crippen LogP contribution < -0.4 is 26.0 Å². The Morgan fingerprint density at radius 1 is 0.974 bits per heavy atom. The number of benzene rings is 2. The molecule has 8 nitrogen and oxygen atoms in total. The number of ether oxygens (including phenoxy) is 2. The van der Waals surface area contributed by atoms with Crippen LogP contribution in [0.4, 0.5) is 5.82 Å². The number of halogens is 1. The molecule has 0 spiro atoms. The molecule has 38 heavy (non-hydrogen) atoms. The first kappa shape index (κ1) is 27.0. The predicted octanol–water partition coefficient (Wildman–Crippen LogP) is 5.79. The number of methoxy groups -OCH3 is 1. The smallest absolute Gasteiger partial charge is 0.331 e. The summed E-state index contributed by atoms with van der Waals surface area (Å²) in [5.74, 6) is 1.91. The second kappa shape index (κ2) is 11.6. The second-order valence-corrected chi connectivity index (χ2v) is 9.92. The first-order valence-corrected chi connectivity index (χ1v) is 12.7. The minimum atomic E-state index is -0.570. The molecular weight excluding hydrogens is 504 g/mol. The van der Waals surface area contributed by atoms with Crippen LogP contribution in [-0.4, -0.2) is 21.6 Å². The number of aryl methyl sites for hydroxylation is 2. The van der Waals surface area contributed by atoms with Crippen molar-refractivity contribution >= 4 is 17.4 Å². The lowest BCUT2D eigenvalue weighted by atomic mass is 10.1. The Kier molecular flexibility index (Phi) is 8.22. The fraction of sp³-hybridized carbons (Fsp3) is 0.276. The molecule has 0 radical (unpaired) electrons. The normalized spacial score (nSPS) is 11.0. The zero-order valence-electron chi connectivity index (χ0n) is 22.1. The van der Waals surface area contributed by atoms with Crippen molar-refractivity contribution in [2.45, 2.75) is 46.7 Å². The van der Waals surface area contributed by atoms with Crippen LogP contribution in [0.25, 0.3) is 0 Å². The highest BCUT2D eigenvalue weighted by Crippen LogP contribution is 2.29. The van der Waals surface area contributed by atoms with E-state index in [4.69, 9.17) is 21.1 Å². The van der Waals surface area contributed by atoms with Gasteiger partial charge in [-0.25, -0.2) is 9.78 Å². The van der Waals surface area contributed by atoms with E-state index in [2.05, 4.69) is 15.3 Å². The molecule has 0 atom stereocenters. The minimum absolute atomic E-state index is 0.120. The van der Waals surface area contributed by atoms with E-state index >= 15 is 0 Å². The highest BCUT2D eigenvalue weighted by Gasteiger charge is 2.21. The molecule has 0 bridgehead atoms. The summed E-state index contributed by atoms with van der Waals surface area (Å²) < 4.78 is 12.9. The van der Waals surface area contributed by atoms with Crippen LogP contribution in [0.1, 0.15) is 47.6 Å². The number of nitrogens with one attached hydrogen (secondary N) is 2. The van der Waals surface area contributed by atoms with Crippen molar-refractivity contribution in [1.29, 1.82) is 0 Å². The zero-order chi connectivity index (χ0) is 27.4. The molecule has 0 fully saturated rings. The summed E-state index contributed by atoms with van der Waals surface area (Å²) >= 11 is 6.34. The summed E-state index contributed by atoms with van der Waals surface area (Å²) in [6, 6.07) is 17.0. The van der Waals surface area contributed by atoms with Gasteiger partial charge < -0.3 is 14.8 Å². The van der Waals surface area contributed by atoms with Gasteiger partial charge >= 0.3 is 5.69 Å². The second-order valence-electron chi connectivity index (χ2n) is 9.53. The van der Waals surface area contributed by atoms with Crippen molar-refractivity contribution in [3.63, 3.8) is 0 Å². The van der Waals surface area contributed by atoms with Crippen molar-refractivity contribution in [3.8, 4) is 17.4 Å². The van der Waals surface area contributed by atoms with E-state index in [1.807, 2.05) is 76.2 Å². The van der Waals surface area contributed by atoms with E-state index in [0.29, 0.717) is 23.7 Å². The fourth-order valence-electron chi connectivity index (χ4n) is 4.28. The number of aromatic amines is 1. The van der Waals surface area contributed by atoms with Gasteiger partial charge in [0.2, 0.25) is 5.88 Å². The highest BCUT2D eigenvalue weighted by molar-refractivity contribution is 6.29. The summed E-state index contributed by atoms with van der Waals surface area (Å²) in [6.07, 6.45) is 0. The number of H-pyrrole nitrogens is 1. The number of anilines is 1. The Hall–Kier alpha value is -4.04. The third-order valence-corrected chi connectivity index (χ3v) is 6.19. The number of hydrogen-bond acceptors (Lipinski definition) is 6. The van der Waals surface area contributed by atoms with Gasteiger partial charge in [-0.05, 0) is 78.4 Å². The van der Waals surface area contributed by atoms with Crippen LogP contribution >= 0.6 is 11.6 Å². The van der Waals surface area contributed by atoms with Crippen molar-refractivity contribution < 1.29 is 9.47 Å². The lowest BCUT2D eigenvalue weighted by Crippen LogP contribution is -2.34. The molecule has 0 saturated heterocycles. The van der Waals surface area contributed by atoms with Crippen molar-refractivity contribution in [3.05, 3.63) is 108 Å². The third-order valence-electron chi connectivity index (χ3n) is 6.00. The molecule has 0 aliphatic heterocycles. The summed E-state index contributed by atoms with van der Waals surface area (Å²) in [5, 5.41) is 3.55. The van der Waals surface area contributed by atoms with Crippen LogP contribution in [0.2, 0.25) is 5.15 Å². The summed E-state index contributed by atoms with van der Waals surface area (Å²) in [4.78, 5) is 32.7. The predicted molar refractivity (Wildman–Crippen MR) is 150 cm³/mol. The van der Waals surface area contributed by atoms with Crippen molar-refractivity contribution in [1.82, 2.24) is 14.5 Å². The Balaban J connectivity index is 1.69. The van der Waals surface area contributed by atoms with Crippen molar-refractivity contribution in [2.24, 2.45) is 0 Å². The fourth-order valence-corrected chi connectivity index (χ4v) is 4.51. The van der Waals surface area contributed by atoms with Crippen molar-refractivity contribution in [2.75, 3.05) is 12.4 Å². The van der Waals surface area contributed by atoms with Gasteiger partial charge in [0.1, 0.15) is 22.5 Å². The van der Waals surface area contributed by atoms with Gasteiger partial charge in [0.05, 0.1) is 19.2 Å². The average Bonchev–Trinajstić information content (AvgIpc) is 2.84. The quantitative estimate of drug-likeness (QED) is 0.264. The molecule has 2 aromatic heterocycles. The van der Waals surface area contributed by atoms with E-state index in [1.54, 1.807) is 13.2 Å². The number of hydrogen-bond donors (Lipinski definition) is 2. The summed E-state index contributed by atoms with van der Waals surface area (Å²) in [5.41, 5.74) is 3.14. The van der Waals surface area contributed by atoms with Crippen LogP contribution in [-0.2, 0) is 13.1 Å². The molecule has 2 heterocycles. The van der Waals surface area contributed by atoms with Gasteiger partial charge in [-0.2, -0.15) is 0 Å². The highest BCUT2D eigenvalue weighted by atomic mass is 35.5. The minimum Gasteiger partial charge on any atom is -0.497 e. The van der Waals surface area contributed by atoms with Crippen LogP contribution in [0.15, 0.2) is 64.2 Å². The largest absolute Gasteiger partial charge is 0.497 e. The van der Waals surface area contributed by atoms with E-state index in [-0.39, 0.29) is 23.5 Å². The molecular formula is C29H31ClN4O4. The van der Waals surface area contributed by atoms with Gasteiger partial charge in [-0.3, -0.25) is 14.3 Å². The first-order chi connectivity index (χ1) is 18.1. The van der Waals surface area contributed by atoms with E-state index < -0.39 is 11.2 Å². The molecule has 2 N–H and O–H groups in total. The molecule has 0 amide bonds. The number of pyridine rings is 1. The van der Waals surface area contributed by atoms with Gasteiger partial charge in [0.25, 0.3) is 5.56 Å². The number of rotatable bonds is 9. The maximum absolute atomic E-state index is 13.0. The summed E-state index contributed by atoms with van der Waals surface area (Å²) in [6.45, 7) is 8.35. The Bertz CT molecular complexity index is 1540. The zero-order valence-corrected chi connectivity index (χ0v) is 22.8. The van der Waals surface area contributed by atoms with Gasteiger partial charge in [-0.15, -0.1) is 0 Å².